The van der Waals surface area contributed by atoms with Crippen LogP contribution in [-0.4, -0.2) is 26.1 Å². The minimum atomic E-state index is -4.27. The Morgan fingerprint density at radius 2 is 1.40 bits per heavy atom. The van der Waals surface area contributed by atoms with Crippen molar-refractivity contribution in [3.8, 4) is 21.6 Å². The highest BCUT2D eigenvalue weighted by atomic mass is 32.2. The lowest BCUT2D eigenvalue weighted by atomic mass is 10.0. The van der Waals surface area contributed by atoms with E-state index in [-0.39, 0.29) is 4.90 Å². The van der Waals surface area contributed by atoms with Crippen molar-refractivity contribution in [2.75, 3.05) is 18.0 Å². The summed E-state index contributed by atoms with van der Waals surface area (Å²) >= 11 is 1.81. The Hall–Kier alpha value is -3.00. The number of hydrogen-bond acceptors (Lipinski definition) is 5. The fourth-order valence-corrected chi connectivity index (χ4v) is 6.10. The number of hydrogen-bond donors (Lipinski definition) is 0. The van der Waals surface area contributed by atoms with E-state index in [2.05, 4.69) is 90.6 Å². The van der Waals surface area contributed by atoms with Crippen molar-refractivity contribution in [1.29, 1.82) is 0 Å². The molecule has 2 heterocycles. The summed E-state index contributed by atoms with van der Waals surface area (Å²) < 4.78 is 33.3. The summed E-state index contributed by atoms with van der Waals surface area (Å²) in [6.07, 6.45) is 14.9. The molecule has 0 N–H and O–H groups in total. The van der Waals surface area contributed by atoms with Gasteiger partial charge in [-0.05, 0) is 61.0 Å². The van der Waals surface area contributed by atoms with E-state index >= 15 is 0 Å². The second-order valence-electron chi connectivity index (χ2n) is 10.8. The molecule has 7 heteroatoms. The maximum Gasteiger partial charge on any atom is 0.177 e. The number of thiophene rings is 1. The smallest absolute Gasteiger partial charge is 0.177 e. The van der Waals surface area contributed by atoms with E-state index in [1.165, 1.54) is 104 Å². The highest BCUT2D eigenvalue weighted by Gasteiger charge is 2.14. The largest absolute Gasteiger partial charge is 0.744 e. The van der Waals surface area contributed by atoms with E-state index in [1.807, 2.05) is 18.3 Å². The van der Waals surface area contributed by atoms with Gasteiger partial charge in [0.25, 0.3) is 0 Å². The zero-order chi connectivity index (χ0) is 30.4. The van der Waals surface area contributed by atoms with Crippen molar-refractivity contribution in [3.63, 3.8) is 0 Å². The number of anilines is 1. The summed E-state index contributed by atoms with van der Waals surface area (Å²) in [5.41, 5.74) is 6.21. The molecule has 0 spiro atoms. The molecule has 0 aliphatic heterocycles. The molecule has 2 aromatic heterocycles. The van der Waals surface area contributed by atoms with Gasteiger partial charge in [0.05, 0.1) is 10.5 Å². The first-order valence-electron chi connectivity index (χ1n) is 15.1. The Kier molecular flexibility index (Phi) is 13.7. The zero-order valence-electron chi connectivity index (χ0n) is 25.6. The molecule has 0 bridgehead atoms. The van der Waals surface area contributed by atoms with Gasteiger partial charge in [-0.15, -0.1) is 11.3 Å². The molecule has 42 heavy (non-hydrogen) atoms. The van der Waals surface area contributed by atoms with Crippen molar-refractivity contribution in [3.05, 3.63) is 90.1 Å². The number of unbranched alkanes of at least 4 members (excludes halogenated alkanes) is 6. The maximum atomic E-state index is 10.4. The SMILES string of the molecule is CCCCCCN(CCCCCC)c1ccc(-c2c[n+](C)ccc2-c2cccs2)cc1.Cc1ccc(S(=O)(=O)[O-])cc1. The van der Waals surface area contributed by atoms with Crippen LogP contribution in [0.1, 0.15) is 70.8 Å². The lowest BCUT2D eigenvalue weighted by Crippen LogP contribution is -2.26. The van der Waals surface area contributed by atoms with E-state index in [4.69, 9.17) is 0 Å². The molecule has 0 radical (unpaired) electrons. The molecular formula is C35H46N2O3S2. The fraction of sp³-hybridized carbons (Fsp3) is 0.400. The topological polar surface area (TPSA) is 64.3 Å². The van der Waals surface area contributed by atoms with Gasteiger partial charge in [0, 0.05) is 35.3 Å². The average Bonchev–Trinajstić information content (AvgIpc) is 3.52. The summed E-state index contributed by atoms with van der Waals surface area (Å²) in [5.74, 6) is 0. The predicted octanol–water partition coefficient (Wildman–Crippen LogP) is 8.77. The maximum absolute atomic E-state index is 10.4. The minimum Gasteiger partial charge on any atom is -0.744 e. The van der Waals surface area contributed by atoms with Crippen LogP contribution in [0, 0.1) is 6.92 Å². The lowest BCUT2D eigenvalue weighted by molar-refractivity contribution is -0.670. The van der Waals surface area contributed by atoms with Gasteiger partial charge in [-0.2, -0.15) is 0 Å². The van der Waals surface area contributed by atoms with E-state index in [0.29, 0.717) is 0 Å². The molecule has 5 nitrogen and oxygen atoms in total. The number of aryl methyl sites for hydroxylation is 2. The molecule has 2 aromatic carbocycles. The van der Waals surface area contributed by atoms with Crippen LogP contribution in [-0.2, 0) is 17.2 Å². The van der Waals surface area contributed by atoms with Crippen LogP contribution in [0.5, 0.6) is 0 Å². The second-order valence-corrected chi connectivity index (χ2v) is 13.2. The van der Waals surface area contributed by atoms with E-state index in [1.54, 1.807) is 12.1 Å². The molecule has 226 valence electrons. The number of aromatic nitrogens is 1. The Bertz CT molecular complexity index is 1420. The van der Waals surface area contributed by atoms with Gasteiger partial charge in [-0.25, -0.2) is 13.0 Å². The van der Waals surface area contributed by atoms with Gasteiger partial charge < -0.3 is 9.45 Å². The highest BCUT2D eigenvalue weighted by molar-refractivity contribution is 7.85. The predicted molar refractivity (Wildman–Crippen MR) is 176 cm³/mol. The number of rotatable bonds is 14. The Morgan fingerprint density at radius 1 is 0.786 bits per heavy atom. The van der Waals surface area contributed by atoms with Gasteiger partial charge in [0.1, 0.15) is 17.2 Å². The molecule has 4 aromatic rings. The summed E-state index contributed by atoms with van der Waals surface area (Å²) in [7, 11) is -2.17. The molecule has 0 aliphatic carbocycles. The molecule has 4 rings (SSSR count). The standard InChI is InChI=1S/C28H39N2S.C7H8O3S/c1-4-6-8-10-19-30(20-11-9-7-5-2)25-16-14-24(15-17-25)27-23-29(3)21-18-26(27)28-13-12-22-31-28;1-6-2-4-7(5-3-6)11(8,9)10/h12-18,21-23H,4-11,19-20H2,1-3H3;2-5H,1H3,(H,8,9,10)/q+1;/p-1. The van der Waals surface area contributed by atoms with Gasteiger partial charge >= 0.3 is 0 Å². The molecule has 0 saturated heterocycles. The normalized spacial score (nSPS) is 11.2. The quantitative estimate of drug-likeness (QED) is 0.0818. The third-order valence-corrected chi connectivity index (χ3v) is 9.05. The molecule has 0 fully saturated rings. The van der Waals surface area contributed by atoms with Crippen LogP contribution in [0.2, 0.25) is 0 Å². The third kappa shape index (κ3) is 10.7. The average molecular weight is 607 g/mol. The van der Waals surface area contributed by atoms with Crippen LogP contribution in [0.4, 0.5) is 5.69 Å². The Labute approximate surface area is 257 Å². The van der Waals surface area contributed by atoms with Crippen LogP contribution in [0.25, 0.3) is 21.6 Å². The van der Waals surface area contributed by atoms with E-state index in [9.17, 15) is 13.0 Å². The number of pyridine rings is 1. The monoisotopic (exact) mass is 606 g/mol. The third-order valence-electron chi connectivity index (χ3n) is 7.30. The Morgan fingerprint density at radius 3 is 1.93 bits per heavy atom. The van der Waals surface area contributed by atoms with Crippen molar-refractivity contribution < 1.29 is 17.5 Å². The van der Waals surface area contributed by atoms with Crippen molar-refractivity contribution in [1.82, 2.24) is 0 Å². The number of benzene rings is 2. The molecular weight excluding hydrogens is 561 g/mol. The highest BCUT2D eigenvalue weighted by Crippen LogP contribution is 2.34. The second kappa shape index (κ2) is 17.2. The van der Waals surface area contributed by atoms with Gasteiger partial charge in [0.15, 0.2) is 12.4 Å². The van der Waals surface area contributed by atoms with Crippen LogP contribution in [0.3, 0.4) is 0 Å². The van der Waals surface area contributed by atoms with Gasteiger partial charge in [0.2, 0.25) is 0 Å². The molecule has 0 amide bonds. The molecule has 0 unspecified atom stereocenters. The summed E-state index contributed by atoms with van der Waals surface area (Å²) in [4.78, 5) is 3.76. The van der Waals surface area contributed by atoms with Crippen molar-refractivity contribution in [2.24, 2.45) is 7.05 Å². The first-order valence-corrected chi connectivity index (χ1v) is 17.4. The lowest BCUT2D eigenvalue weighted by Gasteiger charge is -2.25. The minimum absolute atomic E-state index is 0.178. The van der Waals surface area contributed by atoms with Crippen LogP contribution < -0.4 is 9.47 Å². The first kappa shape index (κ1) is 33.5. The zero-order valence-corrected chi connectivity index (χ0v) is 27.2. The fourth-order valence-electron chi connectivity index (χ4n) is 4.86. The van der Waals surface area contributed by atoms with E-state index < -0.39 is 10.1 Å². The van der Waals surface area contributed by atoms with Crippen LogP contribution in [0.15, 0.2) is 89.4 Å². The van der Waals surface area contributed by atoms with E-state index in [0.717, 1.165) is 5.56 Å². The van der Waals surface area contributed by atoms with Crippen molar-refractivity contribution >= 4 is 27.1 Å². The molecule has 0 atom stereocenters. The number of nitrogens with zero attached hydrogens (tertiary/aromatic N) is 2. The van der Waals surface area contributed by atoms with Crippen molar-refractivity contribution in [2.45, 2.75) is 77.0 Å². The summed E-state index contributed by atoms with van der Waals surface area (Å²) in [6, 6.07) is 21.7. The van der Waals surface area contributed by atoms with Gasteiger partial charge in [-0.3, -0.25) is 0 Å². The first-order chi connectivity index (χ1) is 20.2. The van der Waals surface area contributed by atoms with Crippen LogP contribution >= 0.6 is 11.3 Å². The summed E-state index contributed by atoms with van der Waals surface area (Å²) in [6.45, 7) is 8.74. The molecule has 0 aliphatic rings. The van der Waals surface area contributed by atoms with Gasteiger partial charge in [-0.1, -0.05) is 88.3 Å². The Balaban J connectivity index is 0.000000369. The summed E-state index contributed by atoms with van der Waals surface area (Å²) in [5, 5.41) is 2.16. The molecule has 0 saturated carbocycles.